The van der Waals surface area contributed by atoms with E-state index in [0.717, 1.165) is 25.8 Å². The van der Waals surface area contributed by atoms with E-state index in [9.17, 15) is 4.79 Å². The van der Waals surface area contributed by atoms with Crippen molar-refractivity contribution in [3.8, 4) is 0 Å². The first-order valence-electron chi connectivity index (χ1n) is 7.17. The van der Waals surface area contributed by atoms with Crippen molar-refractivity contribution < 1.29 is 4.79 Å². The molecule has 4 heteroatoms. The predicted molar refractivity (Wildman–Crippen MR) is 85.1 cm³/mol. The molecule has 0 spiro atoms. The Labute approximate surface area is 127 Å². The van der Waals surface area contributed by atoms with Crippen molar-refractivity contribution >= 4 is 18.3 Å². The molecule has 0 radical (unpaired) electrons. The Morgan fingerprint density at radius 2 is 2.15 bits per heavy atom. The minimum Gasteiger partial charge on any atom is -0.339 e. The van der Waals surface area contributed by atoms with Gasteiger partial charge in [0.25, 0.3) is 0 Å². The first-order chi connectivity index (χ1) is 9.08. The average Bonchev–Trinajstić information content (AvgIpc) is 2.79. The van der Waals surface area contributed by atoms with Crippen LogP contribution in [0, 0.1) is 6.92 Å². The number of rotatable bonds is 4. The second-order valence-electron chi connectivity index (χ2n) is 5.70. The summed E-state index contributed by atoms with van der Waals surface area (Å²) in [6, 6.07) is 8.75. The number of hydrogen-bond acceptors (Lipinski definition) is 2. The molecule has 112 valence electrons. The number of amides is 1. The van der Waals surface area contributed by atoms with E-state index >= 15 is 0 Å². The number of carbonyl (C=O) groups excluding carboxylic acids is 1. The van der Waals surface area contributed by atoms with Crippen LogP contribution in [-0.4, -0.2) is 29.4 Å². The van der Waals surface area contributed by atoms with Gasteiger partial charge in [-0.1, -0.05) is 24.3 Å². The lowest BCUT2D eigenvalue weighted by Crippen LogP contribution is -2.39. The number of nitrogens with zero attached hydrogens (tertiary/aromatic N) is 1. The second kappa shape index (κ2) is 7.65. The maximum absolute atomic E-state index is 12.2. The van der Waals surface area contributed by atoms with Gasteiger partial charge in [-0.15, -0.1) is 12.4 Å². The van der Waals surface area contributed by atoms with Crippen LogP contribution in [0.1, 0.15) is 37.3 Å². The Kier molecular flexibility index (Phi) is 6.50. The smallest absolute Gasteiger partial charge is 0.224 e. The Morgan fingerprint density at radius 3 is 2.80 bits per heavy atom. The highest BCUT2D eigenvalue weighted by Crippen LogP contribution is 2.23. The number of benzene rings is 1. The maximum Gasteiger partial charge on any atom is 0.224 e. The standard InChI is InChI=1S/C16H24N2O.ClH/c1-12-6-3-4-7-14(12)11-15-8-5-9-18(15)16(19)10-13(2)17;/h3-4,6-7,13,15H,5,8-11,17H2,1-2H3;1H. The molecule has 2 atom stereocenters. The zero-order valence-corrected chi connectivity index (χ0v) is 13.2. The van der Waals surface area contributed by atoms with Gasteiger partial charge in [-0.25, -0.2) is 0 Å². The third-order valence-corrected chi connectivity index (χ3v) is 3.91. The van der Waals surface area contributed by atoms with E-state index in [0.29, 0.717) is 12.5 Å². The molecule has 1 saturated heterocycles. The second-order valence-corrected chi connectivity index (χ2v) is 5.70. The van der Waals surface area contributed by atoms with Crippen molar-refractivity contribution in [2.45, 2.75) is 51.6 Å². The van der Waals surface area contributed by atoms with Gasteiger partial charge in [-0.3, -0.25) is 4.79 Å². The van der Waals surface area contributed by atoms with E-state index < -0.39 is 0 Å². The molecule has 1 amide bonds. The van der Waals surface area contributed by atoms with Gasteiger partial charge in [0.15, 0.2) is 0 Å². The van der Waals surface area contributed by atoms with E-state index in [1.54, 1.807) is 0 Å². The maximum atomic E-state index is 12.2. The molecule has 0 aromatic heterocycles. The molecule has 1 heterocycles. The zero-order valence-electron chi connectivity index (χ0n) is 12.3. The molecule has 1 aliphatic rings. The molecule has 1 aliphatic heterocycles. The fourth-order valence-corrected chi connectivity index (χ4v) is 2.86. The van der Waals surface area contributed by atoms with E-state index in [1.807, 2.05) is 11.8 Å². The van der Waals surface area contributed by atoms with Gasteiger partial charge in [0.2, 0.25) is 5.91 Å². The first kappa shape index (κ1) is 17.0. The van der Waals surface area contributed by atoms with Crippen LogP contribution in [0.15, 0.2) is 24.3 Å². The van der Waals surface area contributed by atoms with Crippen molar-refractivity contribution in [1.82, 2.24) is 4.90 Å². The third kappa shape index (κ3) is 4.22. The third-order valence-electron chi connectivity index (χ3n) is 3.91. The summed E-state index contributed by atoms with van der Waals surface area (Å²) in [4.78, 5) is 14.2. The summed E-state index contributed by atoms with van der Waals surface area (Å²) in [6.45, 7) is 4.92. The summed E-state index contributed by atoms with van der Waals surface area (Å²) in [5, 5.41) is 0. The largest absolute Gasteiger partial charge is 0.339 e. The molecule has 2 rings (SSSR count). The number of halogens is 1. The van der Waals surface area contributed by atoms with Gasteiger partial charge in [0.1, 0.15) is 0 Å². The summed E-state index contributed by atoms with van der Waals surface area (Å²) in [6.07, 6.45) is 3.65. The topological polar surface area (TPSA) is 46.3 Å². The normalized spacial score (nSPS) is 19.6. The molecule has 0 aliphatic carbocycles. The Balaban J connectivity index is 0.00000200. The van der Waals surface area contributed by atoms with Gasteiger partial charge in [-0.05, 0) is 44.2 Å². The van der Waals surface area contributed by atoms with Gasteiger partial charge in [-0.2, -0.15) is 0 Å². The van der Waals surface area contributed by atoms with E-state index in [1.165, 1.54) is 11.1 Å². The summed E-state index contributed by atoms with van der Waals surface area (Å²) in [5.41, 5.74) is 8.40. The summed E-state index contributed by atoms with van der Waals surface area (Å²) < 4.78 is 0. The van der Waals surface area contributed by atoms with Crippen molar-refractivity contribution in [3.05, 3.63) is 35.4 Å². The van der Waals surface area contributed by atoms with Gasteiger partial charge < -0.3 is 10.6 Å². The highest BCUT2D eigenvalue weighted by Gasteiger charge is 2.29. The summed E-state index contributed by atoms with van der Waals surface area (Å²) >= 11 is 0. The van der Waals surface area contributed by atoms with E-state index in [-0.39, 0.29) is 24.4 Å². The van der Waals surface area contributed by atoms with Gasteiger partial charge in [0.05, 0.1) is 0 Å². The number of aryl methyl sites for hydroxylation is 1. The van der Waals surface area contributed by atoms with Crippen molar-refractivity contribution in [2.24, 2.45) is 5.73 Å². The van der Waals surface area contributed by atoms with Gasteiger partial charge in [0, 0.05) is 25.0 Å². The highest BCUT2D eigenvalue weighted by atomic mass is 35.5. The number of carbonyl (C=O) groups is 1. The molecule has 1 fully saturated rings. The Hall–Kier alpha value is -1.06. The SMILES string of the molecule is Cc1ccccc1CC1CCCN1C(=O)CC(C)N.Cl. The lowest BCUT2D eigenvalue weighted by Gasteiger charge is -2.26. The predicted octanol–water partition coefficient (Wildman–Crippen LogP) is 2.69. The fourth-order valence-electron chi connectivity index (χ4n) is 2.86. The highest BCUT2D eigenvalue weighted by molar-refractivity contribution is 5.85. The van der Waals surface area contributed by atoms with Crippen LogP contribution >= 0.6 is 12.4 Å². The quantitative estimate of drug-likeness (QED) is 0.928. The van der Waals surface area contributed by atoms with E-state index in [4.69, 9.17) is 5.73 Å². The minimum atomic E-state index is -0.0489. The van der Waals surface area contributed by atoms with Crippen LogP contribution in [0.5, 0.6) is 0 Å². The monoisotopic (exact) mass is 296 g/mol. The summed E-state index contributed by atoms with van der Waals surface area (Å²) in [5.74, 6) is 0.214. The van der Waals surface area contributed by atoms with Crippen LogP contribution < -0.4 is 5.73 Å². The minimum absolute atomic E-state index is 0. The van der Waals surface area contributed by atoms with Gasteiger partial charge >= 0.3 is 0 Å². The average molecular weight is 297 g/mol. The molecular weight excluding hydrogens is 272 g/mol. The Bertz CT molecular complexity index is 448. The van der Waals surface area contributed by atoms with Crippen molar-refractivity contribution in [2.75, 3.05) is 6.54 Å². The number of nitrogens with two attached hydrogens (primary N) is 1. The van der Waals surface area contributed by atoms with Crippen LogP contribution in [-0.2, 0) is 11.2 Å². The molecular formula is C16H25ClN2O. The summed E-state index contributed by atoms with van der Waals surface area (Å²) in [7, 11) is 0. The van der Waals surface area contributed by atoms with Crippen LogP contribution in [0.25, 0.3) is 0 Å². The van der Waals surface area contributed by atoms with E-state index in [2.05, 4.69) is 31.2 Å². The lowest BCUT2D eigenvalue weighted by molar-refractivity contribution is -0.132. The zero-order chi connectivity index (χ0) is 13.8. The van der Waals surface area contributed by atoms with Crippen LogP contribution in [0.3, 0.4) is 0 Å². The molecule has 1 aromatic carbocycles. The molecule has 3 nitrogen and oxygen atoms in total. The molecule has 2 unspecified atom stereocenters. The first-order valence-corrected chi connectivity index (χ1v) is 7.17. The molecule has 20 heavy (non-hydrogen) atoms. The molecule has 0 bridgehead atoms. The fraction of sp³-hybridized carbons (Fsp3) is 0.562. The molecule has 1 aromatic rings. The van der Waals surface area contributed by atoms with Crippen LogP contribution in [0.2, 0.25) is 0 Å². The van der Waals surface area contributed by atoms with Crippen molar-refractivity contribution in [1.29, 1.82) is 0 Å². The molecule has 2 N–H and O–H groups in total. The Morgan fingerprint density at radius 1 is 1.45 bits per heavy atom. The van der Waals surface area contributed by atoms with Crippen LogP contribution in [0.4, 0.5) is 0 Å². The number of likely N-dealkylation sites (tertiary alicyclic amines) is 1. The van der Waals surface area contributed by atoms with Crippen molar-refractivity contribution in [3.63, 3.8) is 0 Å². The lowest BCUT2D eigenvalue weighted by atomic mass is 9.99. The molecule has 0 saturated carbocycles. The number of hydrogen-bond donors (Lipinski definition) is 1.